The quantitative estimate of drug-likeness (QED) is 0.590. The molecule has 0 atom stereocenters. The van der Waals surface area contributed by atoms with Crippen LogP contribution in [-0.4, -0.2) is 8.42 Å². The Bertz CT molecular complexity index is 480. The van der Waals surface area contributed by atoms with Crippen LogP contribution in [0.3, 0.4) is 0 Å². The summed E-state index contributed by atoms with van der Waals surface area (Å²) in [6.07, 6.45) is -4.71. The number of hydrogen-bond donors (Lipinski definition) is 0. The molecule has 0 fully saturated rings. The third-order valence-electron chi connectivity index (χ3n) is 1.52. The van der Waals surface area contributed by atoms with E-state index >= 15 is 0 Å². The zero-order valence-electron chi connectivity index (χ0n) is 6.85. The van der Waals surface area contributed by atoms with Crippen molar-refractivity contribution in [3.8, 4) is 0 Å². The van der Waals surface area contributed by atoms with Crippen molar-refractivity contribution in [1.29, 1.82) is 0 Å². The van der Waals surface area contributed by atoms with Gasteiger partial charge in [-0.1, -0.05) is 0 Å². The van der Waals surface area contributed by atoms with Crippen molar-refractivity contribution in [3.63, 3.8) is 0 Å². The maximum absolute atomic E-state index is 12.5. The zero-order chi connectivity index (χ0) is 11.9. The minimum atomic E-state index is -5.16. The summed E-state index contributed by atoms with van der Waals surface area (Å²) in [5, 5.41) is 0. The van der Waals surface area contributed by atoms with Gasteiger partial charge in [0.05, 0.1) is 5.56 Å². The van der Waals surface area contributed by atoms with E-state index in [0.717, 1.165) is 6.07 Å². The van der Waals surface area contributed by atoms with Gasteiger partial charge in [0, 0.05) is 4.47 Å². The fourth-order valence-corrected chi connectivity index (χ4v) is 2.26. The van der Waals surface area contributed by atoms with Gasteiger partial charge in [-0.05, 0) is 34.1 Å². The van der Waals surface area contributed by atoms with Crippen LogP contribution in [-0.2, 0) is 16.4 Å². The Balaban J connectivity index is 3.43. The molecule has 0 N–H and O–H groups in total. The van der Waals surface area contributed by atoms with Gasteiger partial charge in [0.1, 0.15) is 4.90 Å². The first kappa shape index (κ1) is 12.4. The van der Waals surface area contributed by atoms with E-state index in [1.807, 2.05) is 0 Å². The highest BCUT2D eigenvalue weighted by atomic mass is 79.9. The van der Waals surface area contributed by atoms with Gasteiger partial charge >= 0.3 is 16.4 Å². The monoisotopic (exact) mass is 306 g/mol. The van der Waals surface area contributed by atoms with Crippen molar-refractivity contribution < 1.29 is 25.5 Å². The van der Waals surface area contributed by atoms with E-state index in [1.165, 1.54) is 0 Å². The van der Waals surface area contributed by atoms with Crippen molar-refractivity contribution in [2.75, 3.05) is 0 Å². The molecule has 2 nitrogen and oxygen atoms in total. The van der Waals surface area contributed by atoms with Gasteiger partial charge in [-0.25, -0.2) is 0 Å². The summed E-state index contributed by atoms with van der Waals surface area (Å²) in [5.41, 5.74) is -1.22. The predicted octanol–water partition coefficient (Wildman–Crippen LogP) is 3.13. The second-order valence-corrected chi connectivity index (χ2v) is 4.75. The molecule has 15 heavy (non-hydrogen) atoms. The molecule has 0 aromatic heterocycles. The average molecular weight is 307 g/mol. The molecule has 0 aliphatic heterocycles. The topological polar surface area (TPSA) is 34.1 Å². The van der Waals surface area contributed by atoms with Gasteiger partial charge < -0.3 is 0 Å². The number of halogens is 5. The van der Waals surface area contributed by atoms with Gasteiger partial charge in [0.2, 0.25) is 0 Å². The minimum absolute atomic E-state index is 0.236. The Labute approximate surface area is 91.2 Å². The summed E-state index contributed by atoms with van der Waals surface area (Å²) in [7, 11) is -5.16. The Morgan fingerprint density at radius 1 is 1.20 bits per heavy atom. The van der Waals surface area contributed by atoms with Gasteiger partial charge in [-0.15, -0.1) is 3.89 Å². The first-order valence-electron chi connectivity index (χ1n) is 3.44. The van der Waals surface area contributed by atoms with Gasteiger partial charge in [-0.3, -0.25) is 0 Å². The lowest BCUT2D eigenvalue weighted by atomic mass is 10.2. The van der Waals surface area contributed by atoms with Crippen LogP contribution in [0.15, 0.2) is 27.6 Å². The van der Waals surface area contributed by atoms with Crippen LogP contribution < -0.4 is 0 Å². The van der Waals surface area contributed by atoms with E-state index < -0.39 is 26.9 Å². The van der Waals surface area contributed by atoms with E-state index in [0.29, 0.717) is 6.07 Å². The molecule has 0 radical (unpaired) electrons. The second-order valence-electron chi connectivity index (χ2n) is 2.58. The standard InChI is InChI=1S/C7H3BrF4O2S/c8-5-2-1-4(7(9,10)11)3-6(5)15(12,13)14/h1-3H. The molecular formula is C7H3BrF4O2S. The smallest absolute Gasteiger partial charge is 0.189 e. The van der Waals surface area contributed by atoms with Crippen LogP contribution in [0.4, 0.5) is 17.1 Å². The van der Waals surface area contributed by atoms with Gasteiger partial charge in [-0.2, -0.15) is 21.6 Å². The normalized spacial score (nSPS) is 12.9. The largest absolute Gasteiger partial charge is 0.416 e. The van der Waals surface area contributed by atoms with E-state index in [9.17, 15) is 25.5 Å². The molecule has 1 aromatic rings. The highest BCUT2D eigenvalue weighted by Crippen LogP contribution is 2.33. The summed E-state index contributed by atoms with van der Waals surface area (Å²) in [6, 6.07) is 1.72. The van der Waals surface area contributed by atoms with E-state index in [4.69, 9.17) is 0 Å². The molecule has 0 aliphatic rings. The molecule has 1 aromatic carbocycles. The molecule has 84 valence electrons. The van der Waals surface area contributed by atoms with Crippen molar-refractivity contribution in [2.24, 2.45) is 0 Å². The molecule has 0 aliphatic carbocycles. The molecule has 0 saturated heterocycles. The maximum Gasteiger partial charge on any atom is 0.416 e. The summed E-state index contributed by atoms with van der Waals surface area (Å²) in [6.45, 7) is 0. The number of rotatable bonds is 1. The molecule has 0 unspecified atom stereocenters. The average Bonchev–Trinajstić information content (AvgIpc) is 2.00. The second kappa shape index (κ2) is 3.75. The van der Waals surface area contributed by atoms with Crippen LogP contribution in [0.25, 0.3) is 0 Å². The van der Waals surface area contributed by atoms with Crippen molar-refractivity contribution in [1.82, 2.24) is 0 Å². The molecular weight excluding hydrogens is 304 g/mol. The van der Waals surface area contributed by atoms with Crippen LogP contribution >= 0.6 is 15.9 Å². The number of hydrogen-bond acceptors (Lipinski definition) is 2. The van der Waals surface area contributed by atoms with Crippen molar-refractivity contribution in [2.45, 2.75) is 11.1 Å². The van der Waals surface area contributed by atoms with E-state index in [1.54, 1.807) is 0 Å². The van der Waals surface area contributed by atoms with Gasteiger partial charge in [0.15, 0.2) is 0 Å². The number of alkyl halides is 3. The van der Waals surface area contributed by atoms with Crippen LogP contribution in [0.5, 0.6) is 0 Å². The Morgan fingerprint density at radius 2 is 1.73 bits per heavy atom. The molecule has 0 spiro atoms. The molecule has 0 amide bonds. The van der Waals surface area contributed by atoms with Crippen LogP contribution in [0.1, 0.15) is 5.56 Å². The molecule has 8 heteroatoms. The fourth-order valence-electron chi connectivity index (χ4n) is 0.867. The SMILES string of the molecule is O=S(=O)(F)c1cc(C(F)(F)F)ccc1Br. The predicted molar refractivity (Wildman–Crippen MR) is 47.4 cm³/mol. The minimum Gasteiger partial charge on any atom is -0.189 e. The maximum atomic E-state index is 12.5. The highest BCUT2D eigenvalue weighted by molar-refractivity contribution is 9.10. The number of benzene rings is 1. The zero-order valence-corrected chi connectivity index (χ0v) is 9.25. The van der Waals surface area contributed by atoms with E-state index in [2.05, 4.69) is 15.9 Å². The highest BCUT2D eigenvalue weighted by Gasteiger charge is 2.32. The third kappa shape index (κ3) is 2.91. The van der Waals surface area contributed by atoms with E-state index in [-0.39, 0.29) is 10.5 Å². The lowest BCUT2D eigenvalue weighted by Gasteiger charge is -2.07. The summed E-state index contributed by atoms with van der Waals surface area (Å²) >= 11 is 2.65. The first-order chi connectivity index (χ1) is 6.62. The Hall–Kier alpha value is -0.630. The Morgan fingerprint density at radius 3 is 2.13 bits per heavy atom. The Kier molecular flexibility index (Phi) is 3.11. The van der Waals surface area contributed by atoms with Crippen molar-refractivity contribution >= 4 is 26.2 Å². The van der Waals surface area contributed by atoms with Gasteiger partial charge in [0.25, 0.3) is 0 Å². The molecule has 1 rings (SSSR count). The van der Waals surface area contributed by atoms with Crippen LogP contribution in [0, 0.1) is 0 Å². The molecule has 0 saturated carbocycles. The lowest BCUT2D eigenvalue weighted by molar-refractivity contribution is -0.137. The summed E-state index contributed by atoms with van der Waals surface area (Å²) in [4.78, 5) is -1.03. The molecule has 0 heterocycles. The third-order valence-corrected chi connectivity index (χ3v) is 3.34. The summed E-state index contributed by atoms with van der Waals surface area (Å²) < 4.78 is 69.7. The fraction of sp³-hybridized carbons (Fsp3) is 0.143. The first-order valence-corrected chi connectivity index (χ1v) is 5.61. The van der Waals surface area contributed by atoms with Crippen LogP contribution in [0.2, 0.25) is 0 Å². The molecule has 0 bridgehead atoms. The lowest BCUT2D eigenvalue weighted by Crippen LogP contribution is -2.06. The summed E-state index contributed by atoms with van der Waals surface area (Å²) in [5.74, 6) is 0. The van der Waals surface area contributed by atoms with Crippen molar-refractivity contribution in [3.05, 3.63) is 28.2 Å².